The number of nitriles is 1. The monoisotopic (exact) mass is 242 g/mol. The van der Waals surface area contributed by atoms with Gasteiger partial charge in [-0.2, -0.15) is 5.26 Å². The molecule has 0 aromatic heterocycles. The normalized spacial score (nSPS) is 22.8. The van der Waals surface area contributed by atoms with Crippen molar-refractivity contribution >= 4 is 11.6 Å². The van der Waals surface area contributed by atoms with E-state index in [9.17, 15) is 10.1 Å². The van der Waals surface area contributed by atoms with Gasteiger partial charge in [-0.05, 0) is 38.8 Å². The smallest absolute Gasteiger partial charge is 0.237 e. The fraction of sp³-hybridized carbons (Fsp3) is 0.467. The lowest BCUT2D eigenvalue weighted by molar-refractivity contribution is -0.123. The fourth-order valence-corrected chi connectivity index (χ4v) is 2.92. The molecule has 0 saturated heterocycles. The quantitative estimate of drug-likeness (QED) is 0.800. The molecule has 0 fully saturated rings. The Labute approximate surface area is 108 Å². The molecule has 1 aromatic carbocycles. The summed E-state index contributed by atoms with van der Waals surface area (Å²) in [4.78, 5) is 14.2. The number of para-hydroxylation sites is 1. The molecule has 1 aliphatic rings. The highest BCUT2D eigenvalue weighted by Gasteiger charge is 2.48. The molecule has 0 bridgehead atoms. The van der Waals surface area contributed by atoms with E-state index in [1.165, 1.54) is 0 Å². The molecule has 1 amide bonds. The van der Waals surface area contributed by atoms with Gasteiger partial charge in [-0.3, -0.25) is 4.79 Å². The Kier molecular flexibility index (Phi) is 2.70. The van der Waals surface area contributed by atoms with Crippen LogP contribution in [0.5, 0.6) is 0 Å². The van der Waals surface area contributed by atoms with Gasteiger partial charge in [-0.1, -0.05) is 18.2 Å². The van der Waals surface area contributed by atoms with E-state index in [1.54, 1.807) is 11.9 Å². The minimum Gasteiger partial charge on any atom is -0.314 e. The molecule has 3 nitrogen and oxygen atoms in total. The van der Waals surface area contributed by atoms with Gasteiger partial charge in [-0.15, -0.1) is 0 Å². The van der Waals surface area contributed by atoms with E-state index >= 15 is 0 Å². The zero-order valence-corrected chi connectivity index (χ0v) is 11.3. The lowest BCUT2D eigenvalue weighted by Crippen LogP contribution is -2.39. The second kappa shape index (κ2) is 3.84. The molecule has 3 heteroatoms. The number of nitrogens with zero attached hydrogens (tertiary/aromatic N) is 2. The Morgan fingerprint density at radius 1 is 1.39 bits per heavy atom. The van der Waals surface area contributed by atoms with Crippen molar-refractivity contribution in [2.24, 2.45) is 5.41 Å². The zero-order chi connectivity index (χ0) is 13.6. The summed E-state index contributed by atoms with van der Waals surface area (Å²) in [6.45, 7) is 5.70. The molecule has 1 unspecified atom stereocenters. The number of likely N-dealkylation sites (N-methyl/N-ethyl adjacent to an activating group) is 1. The molecule has 0 aliphatic carbocycles. The Bertz CT molecular complexity index is 542. The van der Waals surface area contributed by atoms with Crippen LogP contribution < -0.4 is 4.90 Å². The van der Waals surface area contributed by atoms with Crippen LogP contribution in [0, 0.1) is 16.7 Å². The van der Waals surface area contributed by atoms with Gasteiger partial charge in [0.25, 0.3) is 0 Å². The number of hydrogen-bond acceptors (Lipinski definition) is 2. The number of fused-ring (bicyclic) bond motifs is 1. The molecular weight excluding hydrogens is 224 g/mol. The number of rotatable bonds is 2. The minimum atomic E-state index is -0.593. The first-order valence-corrected chi connectivity index (χ1v) is 6.11. The van der Waals surface area contributed by atoms with Gasteiger partial charge < -0.3 is 4.90 Å². The van der Waals surface area contributed by atoms with Gasteiger partial charge in [0.15, 0.2) is 0 Å². The number of carbonyl (C=O) groups excluding carboxylic acids is 1. The van der Waals surface area contributed by atoms with E-state index in [0.717, 1.165) is 11.3 Å². The first-order valence-electron chi connectivity index (χ1n) is 6.11. The van der Waals surface area contributed by atoms with Gasteiger partial charge in [0.05, 0.1) is 16.9 Å². The third-order valence-electron chi connectivity index (χ3n) is 3.73. The van der Waals surface area contributed by atoms with Crippen LogP contribution in [0.4, 0.5) is 5.69 Å². The molecule has 1 heterocycles. The van der Waals surface area contributed by atoms with E-state index in [0.29, 0.717) is 6.42 Å². The lowest BCUT2D eigenvalue weighted by Gasteiger charge is -2.29. The van der Waals surface area contributed by atoms with Crippen LogP contribution in [-0.2, 0) is 10.2 Å². The van der Waals surface area contributed by atoms with Crippen molar-refractivity contribution in [3.63, 3.8) is 0 Å². The average molecular weight is 242 g/mol. The molecule has 1 atom stereocenters. The van der Waals surface area contributed by atoms with Gasteiger partial charge in [0.1, 0.15) is 0 Å². The number of carbonyl (C=O) groups is 1. The van der Waals surface area contributed by atoms with E-state index in [-0.39, 0.29) is 5.91 Å². The van der Waals surface area contributed by atoms with Crippen molar-refractivity contribution in [2.45, 2.75) is 32.6 Å². The van der Waals surface area contributed by atoms with E-state index in [2.05, 4.69) is 6.07 Å². The Hall–Kier alpha value is -1.82. The summed E-state index contributed by atoms with van der Waals surface area (Å²) in [5, 5.41) is 9.19. The van der Waals surface area contributed by atoms with Crippen LogP contribution in [0.3, 0.4) is 0 Å². The topological polar surface area (TPSA) is 44.1 Å². The maximum absolute atomic E-state index is 12.5. The van der Waals surface area contributed by atoms with Crippen LogP contribution in [-0.4, -0.2) is 13.0 Å². The molecule has 0 N–H and O–H groups in total. The average Bonchev–Trinajstić information content (AvgIpc) is 2.52. The summed E-state index contributed by atoms with van der Waals surface area (Å²) in [6.07, 6.45) is 0.538. The molecule has 1 aromatic rings. The summed E-state index contributed by atoms with van der Waals surface area (Å²) in [7, 11) is 1.80. The third kappa shape index (κ3) is 1.69. The van der Waals surface area contributed by atoms with Crippen molar-refractivity contribution in [1.29, 1.82) is 5.26 Å². The predicted molar refractivity (Wildman–Crippen MR) is 71.2 cm³/mol. The summed E-state index contributed by atoms with van der Waals surface area (Å²) < 4.78 is 0. The van der Waals surface area contributed by atoms with Crippen molar-refractivity contribution in [1.82, 2.24) is 0 Å². The standard InChI is InChI=1S/C15H18N2O/c1-14(2,10-16)9-15(3)11-7-5-6-8-12(11)17(4)13(15)18/h5-8H,9H2,1-4H3. The largest absolute Gasteiger partial charge is 0.314 e. The highest BCUT2D eigenvalue weighted by Crippen LogP contribution is 2.46. The lowest BCUT2D eigenvalue weighted by atomic mass is 9.71. The Morgan fingerprint density at radius 2 is 2.00 bits per heavy atom. The molecule has 0 saturated carbocycles. The molecule has 2 rings (SSSR count). The van der Waals surface area contributed by atoms with E-state index in [1.807, 2.05) is 45.0 Å². The minimum absolute atomic E-state index is 0.0759. The highest BCUT2D eigenvalue weighted by molar-refractivity contribution is 6.07. The van der Waals surface area contributed by atoms with Crippen LogP contribution in [0.2, 0.25) is 0 Å². The highest BCUT2D eigenvalue weighted by atomic mass is 16.2. The van der Waals surface area contributed by atoms with Crippen molar-refractivity contribution < 1.29 is 4.79 Å². The number of hydrogen-bond donors (Lipinski definition) is 0. The van der Waals surface area contributed by atoms with Gasteiger partial charge in [0, 0.05) is 12.7 Å². The Morgan fingerprint density at radius 3 is 2.61 bits per heavy atom. The Balaban J connectivity index is 2.52. The fourth-order valence-electron chi connectivity index (χ4n) is 2.92. The first-order chi connectivity index (χ1) is 8.32. The van der Waals surface area contributed by atoms with Crippen LogP contribution in [0.25, 0.3) is 0 Å². The second-order valence-electron chi connectivity index (χ2n) is 5.89. The van der Waals surface area contributed by atoms with Gasteiger partial charge in [0.2, 0.25) is 5.91 Å². The van der Waals surface area contributed by atoms with Crippen molar-refractivity contribution in [3.05, 3.63) is 29.8 Å². The number of benzene rings is 1. The van der Waals surface area contributed by atoms with E-state index < -0.39 is 10.8 Å². The third-order valence-corrected chi connectivity index (χ3v) is 3.73. The summed E-state index contributed by atoms with van der Waals surface area (Å²) >= 11 is 0. The maximum atomic E-state index is 12.5. The molecular formula is C15H18N2O. The summed E-state index contributed by atoms with van der Waals surface area (Å²) in [6, 6.07) is 10.1. The SMILES string of the molecule is CN1C(=O)C(C)(CC(C)(C)C#N)c2ccccc21. The molecule has 1 aliphatic heterocycles. The number of anilines is 1. The summed E-state index contributed by atoms with van der Waals surface area (Å²) in [5.41, 5.74) is 0.882. The maximum Gasteiger partial charge on any atom is 0.237 e. The first kappa shape index (κ1) is 12.6. The molecule has 0 radical (unpaired) electrons. The second-order valence-corrected chi connectivity index (χ2v) is 5.89. The molecule has 94 valence electrons. The van der Waals surface area contributed by atoms with Gasteiger partial charge >= 0.3 is 0 Å². The van der Waals surface area contributed by atoms with Crippen LogP contribution >= 0.6 is 0 Å². The molecule has 18 heavy (non-hydrogen) atoms. The van der Waals surface area contributed by atoms with Crippen LogP contribution in [0.15, 0.2) is 24.3 Å². The van der Waals surface area contributed by atoms with Gasteiger partial charge in [-0.25, -0.2) is 0 Å². The van der Waals surface area contributed by atoms with Crippen molar-refractivity contribution in [2.75, 3.05) is 11.9 Å². The number of amides is 1. The molecule has 0 spiro atoms. The zero-order valence-electron chi connectivity index (χ0n) is 11.3. The predicted octanol–water partition coefficient (Wildman–Crippen LogP) is 2.86. The van der Waals surface area contributed by atoms with Crippen LogP contribution in [0.1, 0.15) is 32.8 Å². The van der Waals surface area contributed by atoms with E-state index in [4.69, 9.17) is 0 Å². The van der Waals surface area contributed by atoms with Crippen molar-refractivity contribution in [3.8, 4) is 6.07 Å². The summed E-state index contributed by atoms with van der Waals surface area (Å²) in [5.74, 6) is 0.0759.